The fourth-order valence-electron chi connectivity index (χ4n) is 2.60. The number of rotatable bonds is 6. The SMILES string of the molecule is CN1CCN(C(C)(C)CNCc2cc(C(=O)O)co2)CC1. The minimum absolute atomic E-state index is 0.0729. The number of carboxylic acid groups (broad SMARTS) is 1. The van der Waals surface area contributed by atoms with Gasteiger partial charge in [0.25, 0.3) is 0 Å². The van der Waals surface area contributed by atoms with Crippen LogP contribution in [0.1, 0.15) is 30.0 Å². The molecule has 1 aromatic rings. The zero-order valence-corrected chi connectivity index (χ0v) is 13.1. The Labute approximate surface area is 125 Å². The summed E-state index contributed by atoms with van der Waals surface area (Å²) in [6.07, 6.45) is 1.28. The number of nitrogens with one attached hydrogen (secondary N) is 1. The van der Waals surface area contributed by atoms with Crippen molar-refractivity contribution >= 4 is 5.97 Å². The van der Waals surface area contributed by atoms with E-state index in [4.69, 9.17) is 9.52 Å². The predicted octanol–water partition coefficient (Wildman–Crippen LogP) is 1.09. The molecule has 0 bridgehead atoms. The first-order valence-corrected chi connectivity index (χ1v) is 7.33. The van der Waals surface area contributed by atoms with Crippen LogP contribution in [0.3, 0.4) is 0 Å². The average molecular weight is 295 g/mol. The monoisotopic (exact) mass is 295 g/mol. The summed E-state index contributed by atoms with van der Waals surface area (Å²) in [7, 11) is 2.15. The highest BCUT2D eigenvalue weighted by Gasteiger charge is 2.28. The third-order valence-electron chi connectivity index (χ3n) is 4.12. The molecule has 1 aliphatic rings. The van der Waals surface area contributed by atoms with E-state index in [1.54, 1.807) is 6.07 Å². The Hall–Kier alpha value is -1.37. The number of furan rings is 1. The van der Waals surface area contributed by atoms with Crippen LogP contribution < -0.4 is 5.32 Å². The van der Waals surface area contributed by atoms with Gasteiger partial charge in [-0.2, -0.15) is 0 Å². The van der Waals surface area contributed by atoms with E-state index in [1.165, 1.54) is 6.26 Å². The molecule has 2 heterocycles. The van der Waals surface area contributed by atoms with Crippen LogP contribution in [0.5, 0.6) is 0 Å². The summed E-state index contributed by atoms with van der Waals surface area (Å²) in [4.78, 5) is 15.6. The first kappa shape index (κ1) is 16.0. The zero-order chi connectivity index (χ0) is 15.5. The van der Waals surface area contributed by atoms with Crippen LogP contribution >= 0.6 is 0 Å². The molecule has 2 N–H and O–H groups in total. The predicted molar refractivity (Wildman–Crippen MR) is 80.5 cm³/mol. The molecule has 0 spiro atoms. The third-order valence-corrected chi connectivity index (χ3v) is 4.12. The zero-order valence-electron chi connectivity index (χ0n) is 13.1. The van der Waals surface area contributed by atoms with Crippen LogP contribution in [0.4, 0.5) is 0 Å². The molecule has 0 amide bonds. The molecular weight excluding hydrogens is 270 g/mol. The molecule has 1 aromatic heterocycles. The van der Waals surface area contributed by atoms with Gasteiger partial charge in [0.1, 0.15) is 12.0 Å². The summed E-state index contributed by atoms with van der Waals surface area (Å²) < 4.78 is 5.24. The van der Waals surface area contributed by atoms with Crippen LogP contribution in [0.15, 0.2) is 16.7 Å². The van der Waals surface area contributed by atoms with Gasteiger partial charge in [-0.05, 0) is 27.0 Å². The molecular formula is C15H25N3O3. The van der Waals surface area contributed by atoms with Gasteiger partial charge in [0, 0.05) is 38.3 Å². The second kappa shape index (κ2) is 6.60. The summed E-state index contributed by atoms with van der Waals surface area (Å²) in [5, 5.41) is 12.2. The van der Waals surface area contributed by atoms with Crippen molar-refractivity contribution in [3.63, 3.8) is 0 Å². The number of nitrogens with zero attached hydrogens (tertiary/aromatic N) is 2. The average Bonchev–Trinajstić information content (AvgIpc) is 2.88. The first-order valence-electron chi connectivity index (χ1n) is 7.33. The lowest BCUT2D eigenvalue weighted by molar-refractivity contribution is 0.0615. The maximum Gasteiger partial charge on any atom is 0.338 e. The minimum Gasteiger partial charge on any atom is -0.478 e. The maximum absolute atomic E-state index is 10.8. The largest absolute Gasteiger partial charge is 0.478 e. The molecule has 6 nitrogen and oxygen atoms in total. The summed E-state index contributed by atoms with van der Waals surface area (Å²) in [5.41, 5.74) is 0.272. The van der Waals surface area contributed by atoms with E-state index in [0.29, 0.717) is 12.3 Å². The standard InChI is InChI=1S/C15H25N3O3/c1-15(2,18-6-4-17(3)5-7-18)11-16-9-13-8-12(10-21-13)14(19)20/h8,10,16H,4-7,9,11H2,1-3H3,(H,19,20). The Morgan fingerprint density at radius 1 is 1.38 bits per heavy atom. The summed E-state index contributed by atoms with van der Waals surface area (Å²) >= 11 is 0. The van der Waals surface area contributed by atoms with Crippen molar-refractivity contribution in [2.45, 2.75) is 25.9 Å². The minimum atomic E-state index is -0.956. The third kappa shape index (κ3) is 4.30. The molecule has 1 aliphatic heterocycles. The number of hydrogen-bond acceptors (Lipinski definition) is 5. The van der Waals surface area contributed by atoms with Gasteiger partial charge in [0.05, 0.1) is 12.1 Å². The molecule has 0 unspecified atom stereocenters. The normalized spacial score (nSPS) is 18.0. The lowest BCUT2D eigenvalue weighted by Gasteiger charge is -2.43. The van der Waals surface area contributed by atoms with Gasteiger partial charge in [-0.25, -0.2) is 4.79 Å². The Balaban J connectivity index is 1.79. The lowest BCUT2D eigenvalue weighted by atomic mass is 10.0. The highest BCUT2D eigenvalue weighted by molar-refractivity contribution is 5.87. The molecule has 2 rings (SSSR count). The topological polar surface area (TPSA) is 69.0 Å². The van der Waals surface area contributed by atoms with E-state index < -0.39 is 5.97 Å². The fourth-order valence-corrected chi connectivity index (χ4v) is 2.60. The molecule has 0 aliphatic carbocycles. The molecule has 0 radical (unpaired) electrons. The first-order chi connectivity index (χ1) is 9.88. The van der Waals surface area contributed by atoms with Crippen molar-refractivity contribution in [3.05, 3.63) is 23.7 Å². The molecule has 0 aromatic carbocycles. The van der Waals surface area contributed by atoms with E-state index in [1.807, 2.05) is 0 Å². The maximum atomic E-state index is 10.8. The smallest absolute Gasteiger partial charge is 0.338 e. The summed E-state index contributed by atoms with van der Waals surface area (Å²) in [5.74, 6) is -0.302. The Morgan fingerprint density at radius 3 is 2.62 bits per heavy atom. The van der Waals surface area contributed by atoms with Gasteiger partial charge in [-0.1, -0.05) is 0 Å². The van der Waals surface area contributed by atoms with E-state index in [2.05, 4.69) is 36.0 Å². The quantitative estimate of drug-likeness (QED) is 0.819. The van der Waals surface area contributed by atoms with Crippen LogP contribution in [0.2, 0.25) is 0 Å². The van der Waals surface area contributed by atoms with Crippen LogP contribution in [-0.4, -0.2) is 66.2 Å². The van der Waals surface area contributed by atoms with Crippen molar-refractivity contribution in [3.8, 4) is 0 Å². The van der Waals surface area contributed by atoms with E-state index in [-0.39, 0.29) is 11.1 Å². The number of hydrogen-bond donors (Lipinski definition) is 2. The Morgan fingerprint density at radius 2 is 2.05 bits per heavy atom. The van der Waals surface area contributed by atoms with Crippen LogP contribution in [0.25, 0.3) is 0 Å². The van der Waals surface area contributed by atoms with Gasteiger partial charge < -0.3 is 19.7 Å². The Bertz CT molecular complexity index is 476. The van der Waals surface area contributed by atoms with E-state index >= 15 is 0 Å². The molecule has 21 heavy (non-hydrogen) atoms. The van der Waals surface area contributed by atoms with Crippen LogP contribution in [-0.2, 0) is 6.54 Å². The van der Waals surface area contributed by atoms with Crippen molar-refractivity contribution in [2.75, 3.05) is 39.8 Å². The molecule has 0 atom stereocenters. The second-order valence-electron chi connectivity index (χ2n) is 6.31. The van der Waals surface area contributed by atoms with Gasteiger partial charge in [0.15, 0.2) is 0 Å². The van der Waals surface area contributed by atoms with Gasteiger partial charge in [-0.15, -0.1) is 0 Å². The number of likely N-dealkylation sites (N-methyl/N-ethyl adjacent to an activating group) is 1. The van der Waals surface area contributed by atoms with Gasteiger partial charge in [0.2, 0.25) is 0 Å². The number of carbonyl (C=O) groups is 1. The summed E-state index contributed by atoms with van der Waals surface area (Å²) in [6, 6.07) is 1.57. The summed E-state index contributed by atoms with van der Waals surface area (Å²) in [6.45, 7) is 10.2. The molecule has 0 saturated carbocycles. The highest BCUT2D eigenvalue weighted by atomic mass is 16.4. The fraction of sp³-hybridized carbons (Fsp3) is 0.667. The number of aromatic carboxylic acids is 1. The second-order valence-corrected chi connectivity index (χ2v) is 6.31. The molecule has 6 heteroatoms. The van der Waals surface area contributed by atoms with Crippen molar-refractivity contribution in [1.29, 1.82) is 0 Å². The number of carboxylic acids is 1. The molecule has 118 valence electrons. The highest BCUT2D eigenvalue weighted by Crippen LogP contribution is 2.16. The van der Waals surface area contributed by atoms with Crippen LogP contribution in [0, 0.1) is 0 Å². The molecule has 1 fully saturated rings. The Kier molecular flexibility index (Phi) is 5.03. The van der Waals surface area contributed by atoms with Crippen molar-refractivity contribution in [2.24, 2.45) is 0 Å². The van der Waals surface area contributed by atoms with E-state index in [0.717, 1.165) is 32.7 Å². The number of piperazine rings is 1. The molecule has 1 saturated heterocycles. The lowest BCUT2D eigenvalue weighted by Crippen LogP contribution is -2.57. The van der Waals surface area contributed by atoms with Gasteiger partial charge in [-0.3, -0.25) is 4.90 Å². The van der Waals surface area contributed by atoms with Gasteiger partial charge >= 0.3 is 5.97 Å². The van der Waals surface area contributed by atoms with Crippen molar-refractivity contribution in [1.82, 2.24) is 15.1 Å². The van der Waals surface area contributed by atoms with Crippen molar-refractivity contribution < 1.29 is 14.3 Å². The van der Waals surface area contributed by atoms with E-state index in [9.17, 15) is 4.79 Å².